The lowest BCUT2D eigenvalue weighted by molar-refractivity contribution is 0.290. The fourth-order valence-corrected chi connectivity index (χ4v) is 1.67. The van der Waals surface area contributed by atoms with Gasteiger partial charge in [-0.2, -0.15) is 5.10 Å². The lowest BCUT2D eigenvalue weighted by atomic mass is 10.3. The van der Waals surface area contributed by atoms with Crippen LogP contribution in [0.15, 0.2) is 36.7 Å². The van der Waals surface area contributed by atoms with E-state index in [4.69, 9.17) is 4.74 Å². The average molecular weight is 260 g/mol. The van der Waals surface area contributed by atoms with Crippen LogP contribution >= 0.6 is 0 Å². The molecule has 5 nitrogen and oxygen atoms in total. The van der Waals surface area contributed by atoms with Crippen LogP contribution in [0.1, 0.15) is 19.2 Å². The quantitative estimate of drug-likeness (QED) is 0.736. The summed E-state index contributed by atoms with van der Waals surface area (Å²) < 4.78 is 7.42. The van der Waals surface area contributed by atoms with Crippen molar-refractivity contribution in [2.24, 2.45) is 0 Å². The third-order valence-corrected chi connectivity index (χ3v) is 2.63. The standard InChI is InChI=1S/C14H20N4O/c1-2-8-15-11-14-16-12-18(17-14)9-10-19-13-6-4-3-5-7-13/h3-7,12,15H,2,8-11H2,1H3. The van der Waals surface area contributed by atoms with Crippen molar-refractivity contribution in [3.05, 3.63) is 42.5 Å². The number of hydrogen-bond acceptors (Lipinski definition) is 4. The molecular weight excluding hydrogens is 240 g/mol. The second-order valence-electron chi connectivity index (χ2n) is 4.26. The zero-order valence-electron chi connectivity index (χ0n) is 11.2. The number of rotatable bonds is 8. The molecule has 0 fully saturated rings. The summed E-state index contributed by atoms with van der Waals surface area (Å²) >= 11 is 0. The summed E-state index contributed by atoms with van der Waals surface area (Å²) in [6.07, 6.45) is 2.86. The fraction of sp³-hybridized carbons (Fsp3) is 0.429. The monoisotopic (exact) mass is 260 g/mol. The largest absolute Gasteiger partial charge is 0.492 e. The van der Waals surface area contributed by atoms with Gasteiger partial charge in [-0.05, 0) is 25.1 Å². The van der Waals surface area contributed by atoms with E-state index in [1.807, 2.05) is 35.0 Å². The van der Waals surface area contributed by atoms with Crippen molar-refractivity contribution in [3.63, 3.8) is 0 Å². The Bertz CT molecular complexity index is 469. The van der Waals surface area contributed by atoms with Crippen LogP contribution in [-0.4, -0.2) is 27.9 Å². The van der Waals surface area contributed by atoms with Crippen LogP contribution in [0.5, 0.6) is 5.75 Å². The van der Waals surface area contributed by atoms with E-state index < -0.39 is 0 Å². The molecule has 0 amide bonds. The predicted molar refractivity (Wildman–Crippen MR) is 74.0 cm³/mol. The molecule has 0 aliphatic carbocycles. The van der Waals surface area contributed by atoms with Crippen LogP contribution in [0, 0.1) is 0 Å². The smallest absolute Gasteiger partial charge is 0.164 e. The second-order valence-corrected chi connectivity index (χ2v) is 4.26. The van der Waals surface area contributed by atoms with E-state index in [-0.39, 0.29) is 0 Å². The van der Waals surface area contributed by atoms with Crippen LogP contribution in [0.3, 0.4) is 0 Å². The molecule has 2 rings (SSSR count). The van der Waals surface area contributed by atoms with Crippen molar-refractivity contribution in [2.45, 2.75) is 26.4 Å². The van der Waals surface area contributed by atoms with Gasteiger partial charge in [0.05, 0.1) is 13.1 Å². The van der Waals surface area contributed by atoms with Crippen molar-refractivity contribution in [2.75, 3.05) is 13.2 Å². The molecule has 5 heteroatoms. The summed E-state index contributed by atoms with van der Waals surface area (Å²) in [5.74, 6) is 1.71. The molecule has 0 aliphatic heterocycles. The van der Waals surface area contributed by atoms with Gasteiger partial charge in [0, 0.05) is 0 Å². The molecule has 0 atom stereocenters. The predicted octanol–water partition coefficient (Wildman–Crippen LogP) is 1.86. The average Bonchev–Trinajstić information content (AvgIpc) is 2.88. The van der Waals surface area contributed by atoms with Gasteiger partial charge in [-0.25, -0.2) is 9.67 Å². The molecule has 1 heterocycles. The third kappa shape index (κ3) is 4.71. The number of aromatic nitrogens is 3. The maximum atomic E-state index is 5.61. The minimum atomic E-state index is 0.592. The molecule has 1 aromatic heterocycles. The molecule has 0 radical (unpaired) electrons. The Kier molecular flexibility index (Phi) is 5.37. The van der Waals surface area contributed by atoms with Gasteiger partial charge in [0.1, 0.15) is 18.7 Å². The van der Waals surface area contributed by atoms with E-state index in [0.717, 1.165) is 31.1 Å². The van der Waals surface area contributed by atoms with Crippen molar-refractivity contribution in [1.29, 1.82) is 0 Å². The Morgan fingerprint density at radius 3 is 2.89 bits per heavy atom. The highest BCUT2D eigenvalue weighted by molar-refractivity contribution is 5.20. The minimum absolute atomic E-state index is 0.592. The van der Waals surface area contributed by atoms with E-state index in [1.54, 1.807) is 6.33 Å². The minimum Gasteiger partial charge on any atom is -0.492 e. The Balaban J connectivity index is 1.71. The molecule has 0 unspecified atom stereocenters. The number of benzene rings is 1. The lowest BCUT2D eigenvalue weighted by Crippen LogP contribution is -2.15. The van der Waals surface area contributed by atoms with E-state index in [2.05, 4.69) is 22.3 Å². The van der Waals surface area contributed by atoms with Gasteiger partial charge in [0.15, 0.2) is 5.82 Å². The molecule has 0 saturated heterocycles. The molecule has 0 saturated carbocycles. The molecule has 0 bridgehead atoms. The third-order valence-electron chi connectivity index (χ3n) is 2.63. The first-order valence-corrected chi connectivity index (χ1v) is 6.65. The molecule has 1 N–H and O–H groups in total. The highest BCUT2D eigenvalue weighted by Crippen LogP contribution is 2.07. The van der Waals surface area contributed by atoms with Crippen LogP contribution in [0.2, 0.25) is 0 Å². The first-order valence-electron chi connectivity index (χ1n) is 6.65. The maximum Gasteiger partial charge on any atom is 0.164 e. The highest BCUT2D eigenvalue weighted by Gasteiger charge is 2.00. The lowest BCUT2D eigenvalue weighted by Gasteiger charge is -2.05. The fourth-order valence-electron chi connectivity index (χ4n) is 1.67. The van der Waals surface area contributed by atoms with Gasteiger partial charge in [-0.15, -0.1) is 0 Å². The van der Waals surface area contributed by atoms with Crippen molar-refractivity contribution < 1.29 is 4.74 Å². The maximum absolute atomic E-state index is 5.61. The highest BCUT2D eigenvalue weighted by atomic mass is 16.5. The summed E-state index contributed by atoms with van der Waals surface area (Å²) in [5.41, 5.74) is 0. The normalized spacial score (nSPS) is 10.6. The van der Waals surface area contributed by atoms with E-state index >= 15 is 0 Å². The van der Waals surface area contributed by atoms with E-state index in [9.17, 15) is 0 Å². The van der Waals surface area contributed by atoms with Crippen molar-refractivity contribution in [3.8, 4) is 5.75 Å². The number of nitrogens with zero attached hydrogens (tertiary/aromatic N) is 3. The van der Waals surface area contributed by atoms with Crippen LogP contribution in [-0.2, 0) is 13.1 Å². The molecule has 1 aromatic carbocycles. The summed E-state index contributed by atoms with van der Waals surface area (Å²) in [6, 6.07) is 9.79. The van der Waals surface area contributed by atoms with Gasteiger partial charge in [0.2, 0.25) is 0 Å². The Morgan fingerprint density at radius 2 is 2.11 bits per heavy atom. The zero-order valence-corrected chi connectivity index (χ0v) is 11.2. The van der Waals surface area contributed by atoms with Gasteiger partial charge in [-0.3, -0.25) is 0 Å². The van der Waals surface area contributed by atoms with Crippen LogP contribution in [0.4, 0.5) is 0 Å². The van der Waals surface area contributed by atoms with Gasteiger partial charge in [0.25, 0.3) is 0 Å². The molecule has 0 aliphatic rings. The molecule has 19 heavy (non-hydrogen) atoms. The van der Waals surface area contributed by atoms with Crippen molar-refractivity contribution >= 4 is 0 Å². The zero-order chi connectivity index (χ0) is 13.3. The number of hydrogen-bond donors (Lipinski definition) is 1. The van der Waals surface area contributed by atoms with Gasteiger partial charge >= 0.3 is 0 Å². The van der Waals surface area contributed by atoms with E-state index in [1.165, 1.54) is 0 Å². The van der Waals surface area contributed by atoms with Crippen LogP contribution < -0.4 is 10.1 Å². The first kappa shape index (κ1) is 13.5. The Labute approximate surface area is 113 Å². The van der Waals surface area contributed by atoms with Crippen molar-refractivity contribution in [1.82, 2.24) is 20.1 Å². The summed E-state index contributed by atoms with van der Waals surface area (Å²) in [6.45, 7) is 5.15. The molecular formula is C14H20N4O. The Hall–Kier alpha value is -1.88. The molecule has 0 spiro atoms. The summed E-state index contributed by atoms with van der Waals surface area (Å²) in [4.78, 5) is 4.25. The van der Waals surface area contributed by atoms with Crippen LogP contribution in [0.25, 0.3) is 0 Å². The number of ether oxygens (including phenoxy) is 1. The second kappa shape index (κ2) is 7.53. The van der Waals surface area contributed by atoms with Gasteiger partial charge in [-0.1, -0.05) is 25.1 Å². The summed E-state index contributed by atoms with van der Waals surface area (Å²) in [7, 11) is 0. The van der Waals surface area contributed by atoms with Gasteiger partial charge < -0.3 is 10.1 Å². The first-order chi connectivity index (χ1) is 9.38. The summed E-state index contributed by atoms with van der Waals surface area (Å²) in [5, 5.41) is 7.65. The topological polar surface area (TPSA) is 52.0 Å². The number of nitrogens with one attached hydrogen (secondary N) is 1. The molecule has 102 valence electrons. The number of para-hydroxylation sites is 1. The molecule has 2 aromatic rings. The van der Waals surface area contributed by atoms with E-state index in [0.29, 0.717) is 13.2 Å². The SMILES string of the molecule is CCCNCc1ncn(CCOc2ccccc2)n1. The Morgan fingerprint density at radius 1 is 1.26 bits per heavy atom.